The average Bonchev–Trinajstić information content (AvgIpc) is 2.11. The van der Waals surface area contributed by atoms with Gasteiger partial charge >= 0.3 is 0 Å². The minimum Gasteiger partial charge on any atom is -0.217 e. The van der Waals surface area contributed by atoms with E-state index in [1.165, 1.54) is 25.6 Å². The van der Waals surface area contributed by atoms with E-state index in [2.05, 4.69) is 15.5 Å². The zero-order chi connectivity index (χ0) is 6.10. The van der Waals surface area contributed by atoms with Crippen LogP contribution >= 0.6 is 0 Å². The van der Waals surface area contributed by atoms with Crippen molar-refractivity contribution in [3.63, 3.8) is 0 Å². The van der Waals surface area contributed by atoms with Crippen LogP contribution in [0.25, 0.3) is 0 Å². The van der Waals surface area contributed by atoms with Gasteiger partial charge in [-0.1, -0.05) is 6.42 Å². The molecule has 0 amide bonds. The Labute approximate surface area is 53.9 Å². The normalized spacial score (nSPS) is 25.1. The SMILES string of the molecule is C1=NC(C2CCC2)=N[N]1. The second-order valence-electron chi connectivity index (χ2n) is 2.45. The van der Waals surface area contributed by atoms with Gasteiger partial charge in [0.25, 0.3) is 0 Å². The molecule has 0 spiro atoms. The van der Waals surface area contributed by atoms with Gasteiger partial charge in [-0.05, 0) is 12.8 Å². The van der Waals surface area contributed by atoms with Crippen molar-refractivity contribution in [1.82, 2.24) is 5.43 Å². The largest absolute Gasteiger partial charge is 0.217 e. The summed E-state index contributed by atoms with van der Waals surface area (Å²) < 4.78 is 0. The summed E-state index contributed by atoms with van der Waals surface area (Å²) in [5.74, 6) is 1.58. The fraction of sp³-hybridized carbons (Fsp3) is 0.667. The first-order valence-electron chi connectivity index (χ1n) is 3.27. The summed E-state index contributed by atoms with van der Waals surface area (Å²) >= 11 is 0. The molecule has 9 heavy (non-hydrogen) atoms. The maximum Gasteiger partial charge on any atom is 0.155 e. The molecule has 2 rings (SSSR count). The highest BCUT2D eigenvalue weighted by Crippen LogP contribution is 2.28. The van der Waals surface area contributed by atoms with Crippen LogP contribution in [0.1, 0.15) is 19.3 Å². The Kier molecular flexibility index (Phi) is 1.01. The molecule has 1 fully saturated rings. The molecule has 47 valence electrons. The summed E-state index contributed by atoms with van der Waals surface area (Å²) in [5, 5.41) is 3.88. The van der Waals surface area contributed by atoms with Crippen molar-refractivity contribution in [2.75, 3.05) is 0 Å². The van der Waals surface area contributed by atoms with Crippen molar-refractivity contribution in [1.29, 1.82) is 0 Å². The molecular weight excluding hydrogens is 114 g/mol. The van der Waals surface area contributed by atoms with Gasteiger partial charge < -0.3 is 0 Å². The van der Waals surface area contributed by atoms with E-state index in [1.54, 1.807) is 0 Å². The van der Waals surface area contributed by atoms with Crippen molar-refractivity contribution < 1.29 is 0 Å². The van der Waals surface area contributed by atoms with Gasteiger partial charge in [0.2, 0.25) is 0 Å². The molecule has 0 aromatic rings. The molecule has 0 aromatic heterocycles. The highest BCUT2D eigenvalue weighted by Gasteiger charge is 2.24. The van der Waals surface area contributed by atoms with E-state index in [-0.39, 0.29) is 0 Å². The highest BCUT2D eigenvalue weighted by atomic mass is 15.4. The summed E-state index contributed by atoms with van der Waals surface area (Å²) in [6.45, 7) is 0. The number of rotatable bonds is 1. The fourth-order valence-corrected chi connectivity index (χ4v) is 1.05. The molecule has 0 N–H and O–H groups in total. The van der Waals surface area contributed by atoms with Crippen LogP contribution in [0.3, 0.4) is 0 Å². The zero-order valence-electron chi connectivity index (χ0n) is 5.12. The second-order valence-corrected chi connectivity index (χ2v) is 2.45. The third-order valence-electron chi connectivity index (χ3n) is 1.87. The van der Waals surface area contributed by atoms with Crippen molar-refractivity contribution in [2.45, 2.75) is 19.3 Å². The van der Waals surface area contributed by atoms with Crippen LogP contribution in [-0.2, 0) is 0 Å². The van der Waals surface area contributed by atoms with E-state index in [9.17, 15) is 0 Å². The maximum atomic E-state index is 4.02. The van der Waals surface area contributed by atoms with Crippen LogP contribution in [0.2, 0.25) is 0 Å². The van der Waals surface area contributed by atoms with Gasteiger partial charge in [-0.25, -0.2) is 4.99 Å². The van der Waals surface area contributed by atoms with Crippen LogP contribution in [0.5, 0.6) is 0 Å². The lowest BCUT2D eigenvalue weighted by Gasteiger charge is -2.22. The van der Waals surface area contributed by atoms with Crippen LogP contribution in [0, 0.1) is 5.92 Å². The van der Waals surface area contributed by atoms with E-state index in [4.69, 9.17) is 0 Å². The predicted octanol–water partition coefficient (Wildman–Crippen LogP) is 0.746. The zero-order valence-corrected chi connectivity index (χ0v) is 5.12. The molecule has 2 aliphatic rings. The average molecular weight is 122 g/mol. The molecule has 0 aromatic carbocycles. The molecule has 3 heteroatoms. The molecular formula is C6H8N3. The van der Waals surface area contributed by atoms with Gasteiger partial charge in [-0.15, -0.1) is 10.5 Å². The van der Waals surface area contributed by atoms with E-state index in [0.717, 1.165) is 5.84 Å². The third kappa shape index (κ3) is 0.724. The van der Waals surface area contributed by atoms with Crippen molar-refractivity contribution >= 4 is 12.2 Å². The fourth-order valence-electron chi connectivity index (χ4n) is 1.05. The Bertz CT molecular complexity index is 167. The Hall–Kier alpha value is -0.860. The van der Waals surface area contributed by atoms with Crippen molar-refractivity contribution in [2.24, 2.45) is 16.0 Å². The van der Waals surface area contributed by atoms with Gasteiger partial charge in [-0.3, -0.25) is 0 Å². The van der Waals surface area contributed by atoms with Crippen molar-refractivity contribution in [3.05, 3.63) is 0 Å². The smallest absolute Gasteiger partial charge is 0.155 e. The van der Waals surface area contributed by atoms with Crippen molar-refractivity contribution in [3.8, 4) is 0 Å². The Balaban J connectivity index is 2.03. The topological polar surface area (TPSA) is 38.8 Å². The minimum absolute atomic E-state index is 0.632. The first-order chi connectivity index (χ1) is 4.47. The van der Waals surface area contributed by atoms with E-state index in [1.807, 2.05) is 0 Å². The van der Waals surface area contributed by atoms with Crippen LogP contribution in [-0.4, -0.2) is 12.2 Å². The van der Waals surface area contributed by atoms with E-state index >= 15 is 0 Å². The number of hydrogen-bond donors (Lipinski definition) is 0. The molecule has 3 nitrogen and oxygen atoms in total. The van der Waals surface area contributed by atoms with Gasteiger partial charge in [0, 0.05) is 5.92 Å². The number of nitrogens with zero attached hydrogens (tertiary/aromatic N) is 3. The predicted molar refractivity (Wildman–Crippen MR) is 35.4 cm³/mol. The quantitative estimate of drug-likeness (QED) is 0.492. The molecule has 0 unspecified atom stereocenters. The number of aliphatic imine (C=N–C) groups is 1. The van der Waals surface area contributed by atoms with Gasteiger partial charge in [0.15, 0.2) is 5.84 Å². The summed E-state index contributed by atoms with van der Waals surface area (Å²) in [7, 11) is 0. The lowest BCUT2D eigenvalue weighted by Crippen LogP contribution is -2.19. The first kappa shape index (κ1) is 4.97. The molecule has 1 saturated carbocycles. The molecule has 0 saturated heterocycles. The summed E-state index contributed by atoms with van der Waals surface area (Å²) in [6, 6.07) is 0. The Morgan fingerprint density at radius 2 is 2.33 bits per heavy atom. The molecule has 0 bridgehead atoms. The molecule has 1 heterocycles. The van der Waals surface area contributed by atoms with Crippen LogP contribution in [0.4, 0.5) is 0 Å². The standard InChI is InChI=1S/C6H8N3/c1-2-5(3-1)6-7-4-8-9-6/h4-5H,1-3H2. The van der Waals surface area contributed by atoms with Gasteiger partial charge in [0.1, 0.15) is 6.34 Å². The Morgan fingerprint density at radius 3 is 2.78 bits per heavy atom. The highest BCUT2D eigenvalue weighted by molar-refractivity contribution is 5.94. The van der Waals surface area contributed by atoms with Gasteiger partial charge in [-0.2, -0.15) is 0 Å². The molecule has 1 aliphatic carbocycles. The Morgan fingerprint density at radius 1 is 1.44 bits per heavy atom. The number of hydrogen-bond acceptors (Lipinski definition) is 2. The van der Waals surface area contributed by atoms with Gasteiger partial charge in [0.05, 0.1) is 0 Å². The van der Waals surface area contributed by atoms with Crippen LogP contribution < -0.4 is 5.43 Å². The lowest BCUT2D eigenvalue weighted by molar-refractivity contribution is 0.411. The molecule has 1 radical (unpaired) electrons. The van der Waals surface area contributed by atoms with E-state index < -0.39 is 0 Å². The summed E-state index contributed by atoms with van der Waals surface area (Å²) in [6.07, 6.45) is 5.37. The number of amidine groups is 1. The van der Waals surface area contributed by atoms with Crippen LogP contribution in [0.15, 0.2) is 10.1 Å². The summed E-state index contributed by atoms with van der Waals surface area (Å²) in [4.78, 5) is 4.02. The third-order valence-corrected chi connectivity index (χ3v) is 1.87. The monoisotopic (exact) mass is 122 g/mol. The maximum absolute atomic E-state index is 4.02. The minimum atomic E-state index is 0.632. The second kappa shape index (κ2) is 1.83. The summed E-state index contributed by atoms with van der Waals surface area (Å²) in [5.41, 5.74) is 3.66. The first-order valence-corrected chi connectivity index (χ1v) is 3.27. The van der Waals surface area contributed by atoms with E-state index in [0.29, 0.717) is 5.92 Å². The molecule has 1 aliphatic heterocycles. The lowest BCUT2D eigenvalue weighted by atomic mass is 9.85. The molecule has 0 atom stereocenters.